The molecule has 2 aromatic rings. The second kappa shape index (κ2) is 6.69. The zero-order valence-electron chi connectivity index (χ0n) is 11.5. The van der Waals surface area contributed by atoms with Crippen LogP contribution >= 0.6 is 15.9 Å². The molecule has 5 nitrogen and oxygen atoms in total. The SMILES string of the molecule is CC[C@@H](N)c1ccc(Oc2ccc(Br)cc2[N+](=O)[O-])cc1. The number of rotatable bonds is 5. The van der Waals surface area contributed by atoms with Gasteiger partial charge in [0.15, 0.2) is 0 Å². The minimum absolute atomic E-state index is 0.0129. The topological polar surface area (TPSA) is 78.4 Å². The van der Waals surface area contributed by atoms with E-state index in [0.29, 0.717) is 10.2 Å². The van der Waals surface area contributed by atoms with Crippen LogP contribution in [0.4, 0.5) is 5.69 Å². The van der Waals surface area contributed by atoms with Crippen LogP contribution in [-0.4, -0.2) is 4.92 Å². The van der Waals surface area contributed by atoms with E-state index in [0.717, 1.165) is 12.0 Å². The standard InChI is InChI=1S/C15H15BrN2O3/c1-2-13(17)10-3-6-12(7-4-10)21-15-8-5-11(16)9-14(15)18(19)20/h3-9,13H,2,17H2,1H3/t13-/m1/s1. The van der Waals surface area contributed by atoms with Crippen molar-refractivity contribution in [1.29, 1.82) is 0 Å². The molecule has 6 heteroatoms. The Hall–Kier alpha value is -1.92. The molecule has 1 atom stereocenters. The lowest BCUT2D eigenvalue weighted by Crippen LogP contribution is -2.08. The molecule has 0 radical (unpaired) electrons. The number of hydrogen-bond acceptors (Lipinski definition) is 4. The van der Waals surface area contributed by atoms with Gasteiger partial charge >= 0.3 is 5.69 Å². The number of nitro benzene ring substituents is 1. The van der Waals surface area contributed by atoms with E-state index in [-0.39, 0.29) is 17.5 Å². The Morgan fingerprint density at radius 2 is 1.95 bits per heavy atom. The summed E-state index contributed by atoms with van der Waals surface area (Å²) in [5.41, 5.74) is 6.87. The molecule has 0 aliphatic heterocycles. The van der Waals surface area contributed by atoms with E-state index in [9.17, 15) is 10.1 Å². The van der Waals surface area contributed by atoms with Crippen molar-refractivity contribution in [2.45, 2.75) is 19.4 Å². The molecule has 21 heavy (non-hydrogen) atoms. The second-order valence-electron chi connectivity index (χ2n) is 4.55. The molecular weight excluding hydrogens is 336 g/mol. The first-order chi connectivity index (χ1) is 10.0. The zero-order chi connectivity index (χ0) is 15.4. The summed E-state index contributed by atoms with van der Waals surface area (Å²) in [6.45, 7) is 2.01. The predicted molar refractivity (Wildman–Crippen MR) is 84.5 cm³/mol. The lowest BCUT2D eigenvalue weighted by molar-refractivity contribution is -0.385. The maximum Gasteiger partial charge on any atom is 0.312 e. The molecule has 0 unspecified atom stereocenters. The summed E-state index contributed by atoms with van der Waals surface area (Å²) in [4.78, 5) is 10.6. The summed E-state index contributed by atoms with van der Waals surface area (Å²) in [6, 6.07) is 11.9. The van der Waals surface area contributed by atoms with Gasteiger partial charge in [0.05, 0.1) is 4.92 Å². The monoisotopic (exact) mass is 350 g/mol. The number of hydrogen-bond donors (Lipinski definition) is 1. The number of halogens is 1. The van der Waals surface area contributed by atoms with E-state index in [4.69, 9.17) is 10.5 Å². The van der Waals surface area contributed by atoms with Crippen molar-refractivity contribution in [3.05, 3.63) is 62.6 Å². The summed E-state index contributed by atoms with van der Waals surface area (Å²) in [7, 11) is 0. The van der Waals surface area contributed by atoms with Gasteiger partial charge in [0, 0.05) is 16.6 Å². The molecule has 0 aromatic heterocycles. The van der Waals surface area contributed by atoms with E-state index in [1.165, 1.54) is 6.07 Å². The Morgan fingerprint density at radius 3 is 2.52 bits per heavy atom. The lowest BCUT2D eigenvalue weighted by atomic mass is 10.1. The summed E-state index contributed by atoms with van der Waals surface area (Å²) in [5.74, 6) is 0.739. The van der Waals surface area contributed by atoms with Gasteiger partial charge in [-0.05, 0) is 36.2 Å². The Morgan fingerprint density at radius 1 is 1.29 bits per heavy atom. The van der Waals surface area contributed by atoms with Crippen molar-refractivity contribution in [2.75, 3.05) is 0 Å². The summed E-state index contributed by atoms with van der Waals surface area (Å²) < 4.78 is 6.22. The average Bonchev–Trinajstić information content (AvgIpc) is 2.49. The first-order valence-corrected chi connectivity index (χ1v) is 7.28. The highest BCUT2D eigenvalue weighted by molar-refractivity contribution is 9.10. The molecule has 2 rings (SSSR count). The predicted octanol–water partition coefficient (Wildman–Crippen LogP) is 4.56. The molecule has 0 spiro atoms. The normalized spacial score (nSPS) is 12.0. The van der Waals surface area contributed by atoms with Crippen molar-refractivity contribution in [2.24, 2.45) is 5.73 Å². The van der Waals surface area contributed by atoms with Gasteiger partial charge in [0.25, 0.3) is 0 Å². The lowest BCUT2D eigenvalue weighted by Gasteiger charge is -2.11. The van der Waals surface area contributed by atoms with Gasteiger partial charge in [-0.15, -0.1) is 0 Å². The van der Waals surface area contributed by atoms with Gasteiger partial charge in [0.2, 0.25) is 5.75 Å². The van der Waals surface area contributed by atoms with Gasteiger partial charge in [-0.2, -0.15) is 0 Å². The molecule has 0 bridgehead atoms. The molecule has 0 amide bonds. The second-order valence-corrected chi connectivity index (χ2v) is 5.47. The van der Waals surface area contributed by atoms with Crippen molar-refractivity contribution in [3.63, 3.8) is 0 Å². The zero-order valence-corrected chi connectivity index (χ0v) is 13.0. The molecule has 0 saturated carbocycles. The quantitative estimate of drug-likeness (QED) is 0.633. The molecule has 2 aromatic carbocycles. The van der Waals surface area contributed by atoms with Gasteiger partial charge < -0.3 is 10.5 Å². The van der Waals surface area contributed by atoms with Crippen LogP contribution in [0.5, 0.6) is 11.5 Å². The highest BCUT2D eigenvalue weighted by Crippen LogP contribution is 2.33. The number of nitro groups is 1. The van der Waals surface area contributed by atoms with Crippen LogP contribution in [0.1, 0.15) is 24.9 Å². The summed E-state index contributed by atoms with van der Waals surface area (Å²) >= 11 is 3.21. The Labute approximate surface area is 131 Å². The maximum atomic E-state index is 11.0. The first kappa shape index (κ1) is 15.5. The van der Waals surface area contributed by atoms with E-state index >= 15 is 0 Å². The van der Waals surface area contributed by atoms with Crippen molar-refractivity contribution in [3.8, 4) is 11.5 Å². The van der Waals surface area contributed by atoms with Crippen LogP contribution in [0.2, 0.25) is 0 Å². The largest absolute Gasteiger partial charge is 0.450 e. The third-order valence-electron chi connectivity index (χ3n) is 3.09. The molecule has 0 heterocycles. The van der Waals surface area contributed by atoms with Crippen LogP contribution in [0.15, 0.2) is 46.9 Å². The molecule has 0 fully saturated rings. The van der Waals surface area contributed by atoms with E-state index in [1.54, 1.807) is 24.3 Å². The molecular formula is C15H15BrN2O3. The number of nitrogens with zero attached hydrogens (tertiary/aromatic N) is 1. The molecule has 0 aliphatic carbocycles. The van der Waals surface area contributed by atoms with Crippen LogP contribution in [0.25, 0.3) is 0 Å². The minimum Gasteiger partial charge on any atom is -0.450 e. The Bertz CT molecular complexity index is 644. The van der Waals surface area contributed by atoms with E-state index < -0.39 is 4.92 Å². The fourth-order valence-electron chi connectivity index (χ4n) is 1.87. The van der Waals surface area contributed by atoms with Gasteiger partial charge in [0.1, 0.15) is 5.75 Å². The highest BCUT2D eigenvalue weighted by atomic mass is 79.9. The third-order valence-corrected chi connectivity index (χ3v) is 3.59. The maximum absolute atomic E-state index is 11.0. The van der Waals surface area contributed by atoms with E-state index in [2.05, 4.69) is 15.9 Å². The van der Waals surface area contributed by atoms with Gasteiger partial charge in [-0.3, -0.25) is 10.1 Å². The van der Waals surface area contributed by atoms with Gasteiger partial charge in [-0.1, -0.05) is 35.0 Å². The Balaban J connectivity index is 2.24. The van der Waals surface area contributed by atoms with E-state index in [1.807, 2.05) is 19.1 Å². The molecule has 110 valence electrons. The Kier molecular flexibility index (Phi) is 4.93. The van der Waals surface area contributed by atoms with Crippen LogP contribution in [0.3, 0.4) is 0 Å². The minimum atomic E-state index is -0.471. The summed E-state index contributed by atoms with van der Waals surface area (Å²) in [6.07, 6.45) is 0.846. The average molecular weight is 351 g/mol. The van der Waals surface area contributed by atoms with Crippen molar-refractivity contribution < 1.29 is 9.66 Å². The smallest absolute Gasteiger partial charge is 0.312 e. The first-order valence-electron chi connectivity index (χ1n) is 6.48. The highest BCUT2D eigenvalue weighted by Gasteiger charge is 2.16. The fraction of sp³-hybridized carbons (Fsp3) is 0.200. The third kappa shape index (κ3) is 3.80. The number of ether oxygens (including phenoxy) is 1. The van der Waals surface area contributed by atoms with Crippen LogP contribution in [0, 0.1) is 10.1 Å². The van der Waals surface area contributed by atoms with Gasteiger partial charge in [-0.25, -0.2) is 0 Å². The molecule has 0 saturated heterocycles. The summed E-state index contributed by atoms with van der Waals surface area (Å²) in [5, 5.41) is 11.0. The molecule has 2 N–H and O–H groups in total. The van der Waals surface area contributed by atoms with Crippen LogP contribution in [-0.2, 0) is 0 Å². The van der Waals surface area contributed by atoms with Crippen LogP contribution < -0.4 is 10.5 Å². The molecule has 0 aliphatic rings. The fourth-order valence-corrected chi connectivity index (χ4v) is 2.21. The number of benzene rings is 2. The van der Waals surface area contributed by atoms with Crippen molar-refractivity contribution >= 4 is 21.6 Å². The number of nitrogens with two attached hydrogens (primary N) is 1. The van der Waals surface area contributed by atoms with Crippen molar-refractivity contribution in [1.82, 2.24) is 0 Å².